The van der Waals surface area contributed by atoms with Gasteiger partial charge < -0.3 is 9.80 Å². The van der Waals surface area contributed by atoms with Gasteiger partial charge in [0.15, 0.2) is 5.01 Å². The summed E-state index contributed by atoms with van der Waals surface area (Å²) in [6.45, 7) is 1.98. The van der Waals surface area contributed by atoms with E-state index in [0.29, 0.717) is 26.2 Å². The van der Waals surface area contributed by atoms with E-state index in [0.717, 1.165) is 33.2 Å². The maximum Gasteiger partial charge on any atom is 0.257 e. The standard InChI is InChI=1S/C17H14F2N4OS2/c18-11-3-4-13(19)12(10-11)16(24)22-5-7-23(8-6-22)17-21-20-15(26-17)14-2-1-9-25-14/h1-4,9-10H,5-8H2. The van der Waals surface area contributed by atoms with Gasteiger partial charge in [-0.15, -0.1) is 21.5 Å². The maximum atomic E-state index is 13.8. The molecule has 2 aromatic heterocycles. The van der Waals surface area contributed by atoms with Crippen LogP contribution in [0.5, 0.6) is 0 Å². The quantitative estimate of drug-likeness (QED) is 0.685. The molecule has 1 saturated heterocycles. The number of benzene rings is 1. The van der Waals surface area contributed by atoms with Gasteiger partial charge in [0, 0.05) is 26.2 Å². The van der Waals surface area contributed by atoms with Crippen LogP contribution in [-0.4, -0.2) is 47.2 Å². The second-order valence-corrected chi connectivity index (χ2v) is 7.67. The number of rotatable bonds is 3. The van der Waals surface area contributed by atoms with Crippen molar-refractivity contribution in [1.29, 1.82) is 0 Å². The third-order valence-electron chi connectivity index (χ3n) is 4.14. The molecule has 26 heavy (non-hydrogen) atoms. The van der Waals surface area contributed by atoms with Crippen LogP contribution in [-0.2, 0) is 0 Å². The van der Waals surface area contributed by atoms with E-state index < -0.39 is 17.5 Å². The van der Waals surface area contributed by atoms with Gasteiger partial charge in [0.05, 0.1) is 10.4 Å². The minimum absolute atomic E-state index is 0.227. The van der Waals surface area contributed by atoms with Gasteiger partial charge in [-0.2, -0.15) is 0 Å². The van der Waals surface area contributed by atoms with E-state index in [2.05, 4.69) is 15.1 Å². The van der Waals surface area contributed by atoms with E-state index in [4.69, 9.17) is 0 Å². The molecule has 0 atom stereocenters. The van der Waals surface area contributed by atoms with E-state index in [-0.39, 0.29) is 5.56 Å². The third-order valence-corrected chi connectivity index (χ3v) is 6.17. The molecule has 1 fully saturated rings. The topological polar surface area (TPSA) is 49.3 Å². The van der Waals surface area contributed by atoms with Crippen molar-refractivity contribution in [3.63, 3.8) is 0 Å². The normalized spacial score (nSPS) is 14.7. The molecule has 0 bridgehead atoms. The van der Waals surface area contributed by atoms with Gasteiger partial charge in [-0.25, -0.2) is 8.78 Å². The molecule has 0 aliphatic carbocycles. The van der Waals surface area contributed by atoms with Gasteiger partial charge >= 0.3 is 0 Å². The van der Waals surface area contributed by atoms with E-state index in [9.17, 15) is 13.6 Å². The van der Waals surface area contributed by atoms with Crippen molar-refractivity contribution in [3.05, 3.63) is 52.9 Å². The molecule has 0 radical (unpaired) electrons. The summed E-state index contributed by atoms with van der Waals surface area (Å²) in [6.07, 6.45) is 0. The molecule has 134 valence electrons. The van der Waals surface area contributed by atoms with Gasteiger partial charge in [-0.3, -0.25) is 4.79 Å². The third kappa shape index (κ3) is 3.32. The van der Waals surface area contributed by atoms with Gasteiger partial charge in [0.25, 0.3) is 5.91 Å². The molecule has 1 aliphatic heterocycles. The van der Waals surface area contributed by atoms with Crippen molar-refractivity contribution in [1.82, 2.24) is 15.1 Å². The molecule has 3 aromatic rings. The monoisotopic (exact) mass is 392 g/mol. The fraction of sp³-hybridized carbons (Fsp3) is 0.235. The molecule has 1 aromatic carbocycles. The highest BCUT2D eigenvalue weighted by Crippen LogP contribution is 2.31. The number of hydrogen-bond donors (Lipinski definition) is 0. The molecule has 1 amide bonds. The Kier molecular flexibility index (Phi) is 4.64. The Bertz CT molecular complexity index is 921. The molecular weight excluding hydrogens is 378 g/mol. The van der Waals surface area contributed by atoms with E-state index in [1.807, 2.05) is 17.5 Å². The minimum atomic E-state index is -0.705. The number of thiophene rings is 1. The lowest BCUT2D eigenvalue weighted by Gasteiger charge is -2.34. The number of nitrogens with zero attached hydrogens (tertiary/aromatic N) is 4. The van der Waals surface area contributed by atoms with Gasteiger partial charge in [-0.05, 0) is 29.6 Å². The number of halogens is 2. The molecular formula is C17H14F2N4OS2. The van der Waals surface area contributed by atoms with Crippen LogP contribution in [0.4, 0.5) is 13.9 Å². The number of carbonyl (C=O) groups excluding carboxylic acids is 1. The summed E-state index contributed by atoms with van der Waals surface area (Å²) in [4.78, 5) is 17.1. The Morgan fingerprint density at radius 3 is 2.62 bits per heavy atom. The molecule has 0 unspecified atom stereocenters. The summed E-state index contributed by atoms with van der Waals surface area (Å²) in [5, 5.41) is 12.1. The lowest BCUT2D eigenvalue weighted by molar-refractivity contribution is 0.0741. The first-order valence-electron chi connectivity index (χ1n) is 7.98. The second kappa shape index (κ2) is 7.08. The second-order valence-electron chi connectivity index (χ2n) is 5.77. The van der Waals surface area contributed by atoms with Gasteiger partial charge in [0.2, 0.25) is 5.13 Å². The van der Waals surface area contributed by atoms with Crippen LogP contribution in [0, 0.1) is 11.6 Å². The first-order valence-corrected chi connectivity index (χ1v) is 9.68. The number of aromatic nitrogens is 2. The molecule has 5 nitrogen and oxygen atoms in total. The predicted molar refractivity (Wildman–Crippen MR) is 97.7 cm³/mol. The zero-order valence-electron chi connectivity index (χ0n) is 13.6. The Balaban J connectivity index is 1.43. The summed E-state index contributed by atoms with van der Waals surface area (Å²) >= 11 is 3.12. The lowest BCUT2D eigenvalue weighted by Crippen LogP contribution is -2.49. The lowest BCUT2D eigenvalue weighted by atomic mass is 10.1. The van der Waals surface area contributed by atoms with Crippen molar-refractivity contribution in [2.24, 2.45) is 0 Å². The summed E-state index contributed by atoms with van der Waals surface area (Å²) in [5.41, 5.74) is -0.227. The van der Waals surface area contributed by atoms with Crippen molar-refractivity contribution in [2.45, 2.75) is 0 Å². The van der Waals surface area contributed by atoms with E-state index in [1.54, 1.807) is 11.3 Å². The highest BCUT2D eigenvalue weighted by atomic mass is 32.1. The van der Waals surface area contributed by atoms with Crippen LogP contribution in [0.15, 0.2) is 35.7 Å². The SMILES string of the molecule is O=C(c1cc(F)ccc1F)N1CCN(c2nnc(-c3cccs3)s2)CC1. The molecule has 4 rings (SSSR count). The molecule has 3 heterocycles. The van der Waals surface area contributed by atoms with Crippen LogP contribution < -0.4 is 4.90 Å². The Morgan fingerprint density at radius 1 is 1.08 bits per heavy atom. The fourth-order valence-electron chi connectivity index (χ4n) is 2.78. The van der Waals surface area contributed by atoms with Crippen molar-refractivity contribution < 1.29 is 13.6 Å². The smallest absolute Gasteiger partial charge is 0.257 e. The zero-order chi connectivity index (χ0) is 18.1. The van der Waals surface area contributed by atoms with Crippen LogP contribution in [0.1, 0.15) is 10.4 Å². The number of amides is 1. The minimum Gasteiger partial charge on any atom is -0.343 e. The summed E-state index contributed by atoms with van der Waals surface area (Å²) in [6, 6.07) is 6.90. The summed E-state index contributed by atoms with van der Waals surface area (Å²) < 4.78 is 27.1. The Morgan fingerprint density at radius 2 is 1.88 bits per heavy atom. The van der Waals surface area contributed by atoms with Crippen LogP contribution in [0.2, 0.25) is 0 Å². The maximum absolute atomic E-state index is 13.8. The highest BCUT2D eigenvalue weighted by molar-refractivity contribution is 7.22. The average molecular weight is 392 g/mol. The number of piperazine rings is 1. The Labute approximate surface area is 156 Å². The first-order chi connectivity index (χ1) is 12.6. The molecule has 0 spiro atoms. The number of carbonyl (C=O) groups is 1. The number of hydrogen-bond acceptors (Lipinski definition) is 6. The average Bonchev–Trinajstić information content (AvgIpc) is 3.35. The van der Waals surface area contributed by atoms with Crippen LogP contribution in [0.3, 0.4) is 0 Å². The van der Waals surface area contributed by atoms with Crippen LogP contribution in [0.25, 0.3) is 9.88 Å². The molecule has 1 aliphatic rings. The number of anilines is 1. The van der Waals surface area contributed by atoms with Crippen LogP contribution >= 0.6 is 22.7 Å². The Hall–Kier alpha value is -2.39. The molecule has 0 N–H and O–H groups in total. The first kappa shape index (κ1) is 17.0. The zero-order valence-corrected chi connectivity index (χ0v) is 15.2. The van der Waals surface area contributed by atoms with E-state index >= 15 is 0 Å². The highest BCUT2D eigenvalue weighted by Gasteiger charge is 2.26. The summed E-state index contributed by atoms with van der Waals surface area (Å²) in [7, 11) is 0. The van der Waals surface area contributed by atoms with Gasteiger partial charge in [0.1, 0.15) is 11.6 Å². The van der Waals surface area contributed by atoms with Gasteiger partial charge in [-0.1, -0.05) is 17.4 Å². The molecule has 0 saturated carbocycles. The molecule has 9 heteroatoms. The van der Waals surface area contributed by atoms with Crippen molar-refractivity contribution >= 4 is 33.7 Å². The van der Waals surface area contributed by atoms with Crippen molar-refractivity contribution in [2.75, 3.05) is 31.1 Å². The van der Waals surface area contributed by atoms with E-state index in [1.165, 1.54) is 16.2 Å². The largest absolute Gasteiger partial charge is 0.343 e. The van der Waals surface area contributed by atoms with Crippen molar-refractivity contribution in [3.8, 4) is 9.88 Å². The fourth-order valence-corrected chi connectivity index (χ4v) is 4.46. The summed E-state index contributed by atoms with van der Waals surface area (Å²) in [5.74, 6) is -1.81. The predicted octanol–water partition coefficient (Wildman–Crippen LogP) is 3.51.